The molecule has 0 bridgehead atoms. The molecule has 4 heterocycles. The van der Waals surface area contributed by atoms with Crippen LogP contribution in [0.1, 0.15) is 44.1 Å². The van der Waals surface area contributed by atoms with Gasteiger partial charge >= 0.3 is 6.36 Å². The van der Waals surface area contributed by atoms with Gasteiger partial charge in [-0.25, -0.2) is 4.39 Å². The Morgan fingerprint density at radius 1 is 0.887 bits per heavy atom. The third kappa shape index (κ3) is 8.31. The van der Waals surface area contributed by atoms with Gasteiger partial charge in [-0.3, -0.25) is 24.6 Å². The molecule has 1 atom stereocenters. The molecule has 2 N–H and O–H groups in total. The Kier molecular flexibility index (Phi) is 10.4. The van der Waals surface area contributed by atoms with Gasteiger partial charge in [0.1, 0.15) is 17.6 Å². The third-order valence-electron chi connectivity index (χ3n) is 10.9. The first-order valence-corrected chi connectivity index (χ1v) is 18.2. The Hall–Kier alpha value is -4.62. The lowest BCUT2D eigenvalue weighted by atomic mass is 9.78. The highest BCUT2D eigenvalue weighted by Crippen LogP contribution is 2.39. The van der Waals surface area contributed by atoms with Gasteiger partial charge in [0.25, 0.3) is 5.56 Å². The normalized spacial score (nSPS) is 19.4. The van der Waals surface area contributed by atoms with Gasteiger partial charge in [-0.1, -0.05) is 23.7 Å². The molecule has 7 rings (SSSR count). The Balaban J connectivity index is 0.966. The average molecular weight is 754 g/mol. The number of likely N-dealkylation sites (tertiary alicyclic amines) is 1. The minimum Gasteiger partial charge on any atom is -0.405 e. The summed E-state index contributed by atoms with van der Waals surface area (Å²) in [6.45, 7) is 3.48. The maximum Gasteiger partial charge on any atom is 0.573 e. The highest BCUT2D eigenvalue weighted by Gasteiger charge is 2.34. The molecule has 0 radical (unpaired) electrons. The molecule has 1 aromatic heterocycles. The predicted molar refractivity (Wildman–Crippen MR) is 195 cm³/mol. The number of hydrogen-bond acceptors (Lipinski definition) is 7. The smallest absolute Gasteiger partial charge is 0.405 e. The molecule has 1 unspecified atom stereocenters. The number of nitrogens with zero attached hydrogens (tertiary/aromatic N) is 3. The number of pyridine rings is 1. The number of carbonyl (C=O) groups is 2. The summed E-state index contributed by atoms with van der Waals surface area (Å²) >= 11 is 6.70. The number of alkyl halides is 3. The summed E-state index contributed by atoms with van der Waals surface area (Å²) in [7, 11) is 1.55. The second kappa shape index (κ2) is 15.0. The van der Waals surface area contributed by atoms with E-state index in [4.69, 9.17) is 11.6 Å². The molecule has 2 amide bonds. The van der Waals surface area contributed by atoms with Crippen LogP contribution in [0.15, 0.2) is 65.6 Å². The highest BCUT2D eigenvalue weighted by atomic mass is 35.5. The molecule has 280 valence electrons. The van der Waals surface area contributed by atoms with E-state index in [0.29, 0.717) is 51.8 Å². The lowest BCUT2D eigenvalue weighted by Gasteiger charge is -2.41. The second-order valence-electron chi connectivity index (χ2n) is 14.3. The van der Waals surface area contributed by atoms with Crippen LogP contribution >= 0.6 is 11.6 Å². The van der Waals surface area contributed by atoms with E-state index in [-0.39, 0.29) is 35.1 Å². The fourth-order valence-corrected chi connectivity index (χ4v) is 8.36. The zero-order valence-electron chi connectivity index (χ0n) is 29.1. The van der Waals surface area contributed by atoms with E-state index in [2.05, 4.69) is 25.2 Å². The van der Waals surface area contributed by atoms with Crippen molar-refractivity contribution in [2.24, 2.45) is 18.9 Å². The molecule has 3 saturated heterocycles. The average Bonchev–Trinajstić information content (AvgIpc) is 3.12. The topological polar surface area (TPSA) is 95.9 Å². The van der Waals surface area contributed by atoms with E-state index in [9.17, 15) is 31.9 Å². The van der Waals surface area contributed by atoms with Gasteiger partial charge in [0.2, 0.25) is 11.8 Å². The minimum absolute atomic E-state index is 0.263. The monoisotopic (exact) mass is 753 g/mol. The quantitative estimate of drug-likeness (QED) is 0.145. The van der Waals surface area contributed by atoms with Gasteiger partial charge in [0.05, 0.1) is 10.7 Å². The van der Waals surface area contributed by atoms with Gasteiger partial charge in [0, 0.05) is 61.5 Å². The lowest BCUT2D eigenvalue weighted by molar-refractivity contribution is -0.275. The van der Waals surface area contributed by atoms with Gasteiger partial charge in [-0.05, 0) is 110 Å². The molecule has 9 nitrogen and oxygen atoms in total. The van der Waals surface area contributed by atoms with Crippen molar-refractivity contribution in [3.8, 4) is 16.9 Å². The minimum atomic E-state index is -4.91. The van der Waals surface area contributed by atoms with Crippen molar-refractivity contribution in [3.63, 3.8) is 0 Å². The summed E-state index contributed by atoms with van der Waals surface area (Å²) in [5.41, 5.74) is 2.52. The van der Waals surface area contributed by atoms with Crippen LogP contribution < -0.4 is 25.8 Å². The number of aromatic nitrogens is 1. The van der Waals surface area contributed by atoms with Crippen LogP contribution in [0.25, 0.3) is 21.9 Å². The first kappa shape index (κ1) is 36.7. The van der Waals surface area contributed by atoms with Crippen LogP contribution in [0.5, 0.6) is 5.75 Å². The molecule has 0 saturated carbocycles. The molecule has 0 aliphatic carbocycles. The van der Waals surface area contributed by atoms with Gasteiger partial charge < -0.3 is 19.5 Å². The number of carbonyl (C=O) groups excluding carboxylic acids is 2. The van der Waals surface area contributed by atoms with Crippen LogP contribution in [0.3, 0.4) is 0 Å². The van der Waals surface area contributed by atoms with Crippen molar-refractivity contribution in [2.75, 3.05) is 36.4 Å². The third-order valence-corrected chi connectivity index (χ3v) is 11.2. The Labute approximate surface area is 308 Å². The van der Waals surface area contributed by atoms with E-state index < -0.39 is 18.2 Å². The number of fused-ring (bicyclic) bond motifs is 1. The van der Waals surface area contributed by atoms with Crippen LogP contribution in [-0.2, 0) is 23.2 Å². The Morgan fingerprint density at radius 3 is 2.28 bits per heavy atom. The van der Waals surface area contributed by atoms with Gasteiger partial charge in [0.15, 0.2) is 0 Å². The van der Waals surface area contributed by atoms with Crippen molar-refractivity contribution in [1.29, 1.82) is 0 Å². The summed E-state index contributed by atoms with van der Waals surface area (Å²) in [6, 6.07) is 13.6. The maximum absolute atomic E-state index is 14.2. The number of hydrogen-bond donors (Lipinski definition) is 2. The second-order valence-corrected chi connectivity index (χ2v) is 14.7. The highest BCUT2D eigenvalue weighted by molar-refractivity contribution is 6.33. The summed E-state index contributed by atoms with van der Waals surface area (Å²) in [5.74, 6) is -0.429. The number of amides is 2. The number of imide groups is 1. The molecule has 0 spiro atoms. The molecule has 3 aliphatic rings. The Morgan fingerprint density at radius 2 is 1.60 bits per heavy atom. The lowest BCUT2D eigenvalue weighted by Crippen LogP contribution is -2.47. The van der Waals surface area contributed by atoms with Crippen LogP contribution in [0.2, 0.25) is 5.02 Å². The van der Waals surface area contributed by atoms with Gasteiger partial charge in [-0.15, -0.1) is 13.2 Å². The SMILES string of the molecule is Cn1cc(-c2ccc(CN3CCC(C4CCN(c5ccc(NC6CCC(=O)NC6=O)cc5Cl)CC4)CC3)c(OC(F)(F)F)c2)c2cc(F)ccc2c1=O. The summed E-state index contributed by atoms with van der Waals surface area (Å²) < 4.78 is 61.0. The van der Waals surface area contributed by atoms with Crippen molar-refractivity contribution < 1.29 is 31.9 Å². The zero-order valence-corrected chi connectivity index (χ0v) is 29.9. The number of nitrogens with one attached hydrogen (secondary N) is 2. The van der Waals surface area contributed by atoms with Crippen LogP contribution in [-0.4, -0.2) is 59.9 Å². The molecule has 4 aromatic rings. The molecule has 3 fully saturated rings. The number of ether oxygens (including phenoxy) is 1. The molecule has 53 heavy (non-hydrogen) atoms. The number of piperidine rings is 3. The van der Waals surface area contributed by atoms with Crippen molar-refractivity contribution >= 4 is 45.6 Å². The predicted octanol–water partition coefficient (Wildman–Crippen LogP) is 7.24. The van der Waals surface area contributed by atoms with Gasteiger partial charge in [-0.2, -0.15) is 0 Å². The van der Waals surface area contributed by atoms with Crippen molar-refractivity contribution in [2.45, 2.75) is 57.5 Å². The number of halogens is 5. The zero-order chi connectivity index (χ0) is 37.4. The van der Waals surface area contributed by atoms with E-state index in [1.165, 1.54) is 35.0 Å². The van der Waals surface area contributed by atoms with E-state index in [1.54, 1.807) is 19.2 Å². The first-order valence-electron chi connectivity index (χ1n) is 17.9. The largest absolute Gasteiger partial charge is 0.573 e. The first-order chi connectivity index (χ1) is 25.3. The van der Waals surface area contributed by atoms with E-state index in [0.717, 1.165) is 63.2 Å². The van der Waals surface area contributed by atoms with E-state index >= 15 is 0 Å². The van der Waals surface area contributed by atoms with Crippen LogP contribution in [0, 0.1) is 17.7 Å². The van der Waals surface area contributed by atoms with Crippen molar-refractivity contribution in [1.82, 2.24) is 14.8 Å². The number of aryl methyl sites for hydroxylation is 1. The molecular weight excluding hydrogens is 714 g/mol. The summed E-state index contributed by atoms with van der Waals surface area (Å²) in [6.07, 6.45) is 1.20. The summed E-state index contributed by atoms with van der Waals surface area (Å²) in [5, 5.41) is 6.69. The maximum atomic E-state index is 14.2. The molecule has 3 aliphatic heterocycles. The molecular formula is C39H40ClF4N5O4. The summed E-state index contributed by atoms with van der Waals surface area (Å²) in [4.78, 5) is 40.7. The Bertz CT molecular complexity index is 2090. The van der Waals surface area contributed by atoms with E-state index in [1.807, 2.05) is 18.2 Å². The fourth-order valence-electron chi connectivity index (χ4n) is 8.06. The van der Waals surface area contributed by atoms with Crippen LogP contribution in [0.4, 0.5) is 28.9 Å². The standard InChI is InChI=1S/C39H40ClF4N5O4/c1-47-22-31(30-19-27(41)4-6-29(30)38(47)52)25-2-3-26(35(18-25)53-39(42,43)44)21-48-14-10-23(11-15-48)24-12-16-49(17-13-24)34-8-5-28(20-32(34)40)45-33-7-9-36(50)46-37(33)51/h2-6,8,18-20,22-24,33,45H,7,9-17,21H2,1H3,(H,46,50,51). The number of rotatable bonds is 8. The molecule has 14 heteroatoms. The molecule has 3 aromatic carbocycles. The van der Waals surface area contributed by atoms with Crippen molar-refractivity contribution in [3.05, 3.63) is 87.6 Å². The fraction of sp³-hybridized carbons (Fsp3) is 0.410. The number of benzene rings is 3. The number of anilines is 2.